The lowest BCUT2D eigenvalue weighted by atomic mass is 9.79. The lowest BCUT2D eigenvalue weighted by Crippen LogP contribution is -2.28. The fourth-order valence-electron chi connectivity index (χ4n) is 8.91. The van der Waals surface area contributed by atoms with Gasteiger partial charge >= 0.3 is 0 Å². The molecule has 2 heterocycles. The Balaban J connectivity index is 1.37. The van der Waals surface area contributed by atoms with Crippen molar-refractivity contribution in [1.82, 2.24) is 0 Å². The molecule has 0 saturated heterocycles. The molecule has 0 amide bonds. The van der Waals surface area contributed by atoms with Crippen LogP contribution in [0.2, 0.25) is 0 Å². The van der Waals surface area contributed by atoms with Crippen LogP contribution < -0.4 is 15.4 Å². The number of hydrogen-bond acceptors (Lipinski definition) is 21. The van der Waals surface area contributed by atoms with E-state index in [0.29, 0.717) is 74.2 Å². The highest BCUT2D eigenvalue weighted by atomic mass is 32.2. The largest absolute Gasteiger partial charge is 0.748 e. The van der Waals surface area contributed by atoms with Crippen molar-refractivity contribution in [3.05, 3.63) is 108 Å². The van der Waals surface area contributed by atoms with Gasteiger partial charge in [-0.15, -0.1) is 0 Å². The van der Waals surface area contributed by atoms with Crippen LogP contribution in [0, 0.1) is 0 Å². The lowest BCUT2D eigenvalue weighted by Gasteiger charge is -2.27. The molecular formula is C43H43N2O18S6-5. The molecule has 2 aliphatic rings. The topological polar surface area (TPSA) is 318 Å². The van der Waals surface area contributed by atoms with Crippen LogP contribution in [0.4, 0.5) is 11.4 Å². The number of allylic oxidation sites excluding steroid dienone is 8. The number of hydrogen-bond donors (Lipinski definition) is 0. The molecule has 69 heavy (non-hydrogen) atoms. The van der Waals surface area contributed by atoms with Gasteiger partial charge in [0.25, 0.3) is 0 Å². The van der Waals surface area contributed by atoms with Crippen LogP contribution in [0.5, 0.6) is 0 Å². The molecular weight excluding hydrogens is 1020 g/mol. The van der Waals surface area contributed by atoms with Crippen molar-refractivity contribution in [3.63, 3.8) is 0 Å². The maximum atomic E-state index is 12.8. The number of anilines is 1. The minimum absolute atomic E-state index is 0.0423. The van der Waals surface area contributed by atoms with Crippen molar-refractivity contribution in [3.8, 4) is 0 Å². The predicted octanol–water partition coefficient (Wildman–Crippen LogP) is 4.64. The standard InChI is InChI=1S/C43H48N2O18S6/c1-42(2)36(44(20-10-12-22-66(48,49)50)32-19-17-29-25-31(68(54,55)56)27-34(65-63-61-47)38(29)40(32)42)14-8-6-5-7-9-15-37-43(3,4)41-33(45(37)21-11-13-23-67(51,52)53)18-16-28-24-30(64-62-60-46)26-35(39(28)41)69(57,58)59/h5-9,14-19,24-27H,10-13,20-23H2,1-4H3,(H5-,46,47,48,49,50,51,52,53,54,55,56,57,58,59)/p-5. The van der Waals surface area contributed by atoms with Crippen LogP contribution in [0.15, 0.2) is 116 Å². The van der Waals surface area contributed by atoms with E-state index in [-0.39, 0.29) is 53.9 Å². The number of fused-ring (bicyclic) bond motifs is 6. The van der Waals surface area contributed by atoms with E-state index in [4.69, 9.17) is 0 Å². The minimum atomic E-state index is -5.11. The molecule has 4 aromatic carbocycles. The first-order valence-corrected chi connectivity index (χ1v) is 28.1. The van der Waals surface area contributed by atoms with E-state index < -0.39 is 72.6 Å². The average molecular weight is 1070 g/mol. The second-order valence-corrected chi connectivity index (χ2v) is 24.2. The molecule has 0 bridgehead atoms. The van der Waals surface area contributed by atoms with Crippen molar-refractivity contribution < 1.29 is 85.7 Å². The number of unbranched alkanes of at least 4 members (excludes halogenated alkanes) is 2. The molecule has 0 aromatic heterocycles. The fraction of sp³-hybridized carbons (Fsp3) is 0.326. The van der Waals surface area contributed by atoms with Crippen LogP contribution >= 0.6 is 24.1 Å². The summed E-state index contributed by atoms with van der Waals surface area (Å²) >= 11 is 0.837. The fourth-order valence-corrected chi connectivity index (χ4v) is 12.5. The summed E-state index contributed by atoms with van der Waals surface area (Å²) in [5, 5.41) is 29.6. The molecule has 0 radical (unpaired) electrons. The molecule has 26 heteroatoms. The van der Waals surface area contributed by atoms with Gasteiger partial charge in [-0.2, -0.15) is 13.2 Å². The summed E-state index contributed by atoms with van der Waals surface area (Å²) < 4.78 is 154. The molecule has 0 aliphatic carbocycles. The van der Waals surface area contributed by atoms with Gasteiger partial charge in [0.1, 0.15) is 26.8 Å². The van der Waals surface area contributed by atoms with Gasteiger partial charge in [-0.25, -0.2) is 33.7 Å². The number of rotatable bonds is 22. The van der Waals surface area contributed by atoms with Crippen LogP contribution in [0.1, 0.15) is 64.5 Å². The van der Waals surface area contributed by atoms with E-state index >= 15 is 0 Å². The summed E-state index contributed by atoms with van der Waals surface area (Å²) in [5.74, 6) is -1.17. The number of nitrogens with zero attached hydrogens (tertiary/aromatic N) is 2. The normalized spacial score (nSPS) is 17.0. The summed E-state index contributed by atoms with van der Waals surface area (Å²) in [4.78, 5) is 1.00. The van der Waals surface area contributed by atoms with Crippen molar-refractivity contribution in [2.45, 2.75) is 83.8 Å². The van der Waals surface area contributed by atoms with Crippen LogP contribution in [-0.2, 0) is 70.0 Å². The molecule has 0 saturated carbocycles. The molecule has 2 aliphatic heterocycles. The highest BCUT2D eigenvalue weighted by Crippen LogP contribution is 2.53. The third-order valence-corrected chi connectivity index (χ3v) is 16.1. The Hall–Kier alpha value is -4.07. The van der Waals surface area contributed by atoms with Crippen molar-refractivity contribution in [2.24, 2.45) is 0 Å². The SMILES string of the molecule is CC1(C)C(/C=C/C=C/C=C/C=C2/N(CCCCS(=O)(=O)[O-])c3ccc4cc(S(=O)(=O)[O-])cc(SOO[O-])c4c3C2(C)C)=[N+](CCCCS(=O)(=O)[O-])c2ccc3cc(SOO[O-])cc(S(=O)(=O)[O-])c3c21. The summed E-state index contributed by atoms with van der Waals surface area (Å²) in [5.41, 5.74) is 1.84. The third-order valence-electron chi connectivity index (χ3n) is 11.6. The van der Waals surface area contributed by atoms with E-state index in [1.54, 1.807) is 60.7 Å². The molecule has 374 valence electrons. The Labute approximate surface area is 407 Å². The Morgan fingerprint density at radius 3 is 1.90 bits per heavy atom. The monoisotopic (exact) mass is 1070 g/mol. The Kier molecular flexibility index (Phi) is 16.8. The zero-order valence-corrected chi connectivity index (χ0v) is 41.9. The van der Waals surface area contributed by atoms with Crippen molar-refractivity contribution >= 4 is 103 Å². The Morgan fingerprint density at radius 2 is 1.26 bits per heavy atom. The Morgan fingerprint density at radius 1 is 0.652 bits per heavy atom. The first-order chi connectivity index (χ1) is 32.2. The summed E-state index contributed by atoms with van der Waals surface area (Å²) in [6.07, 6.45) is 12.9. The zero-order valence-electron chi connectivity index (χ0n) is 37.0. The number of benzene rings is 4. The van der Waals surface area contributed by atoms with Gasteiger partial charge in [0.05, 0.1) is 59.5 Å². The summed E-state index contributed by atoms with van der Waals surface area (Å²) in [6.45, 7) is 7.91. The quantitative estimate of drug-likeness (QED) is 0.0197. The third kappa shape index (κ3) is 12.5. The minimum Gasteiger partial charge on any atom is -0.748 e. The molecule has 4 aromatic rings. The second-order valence-electron chi connectivity index (χ2n) is 16.9. The molecule has 6 rings (SSSR count). The van der Waals surface area contributed by atoms with Gasteiger partial charge in [-0.05, 0) is 91.9 Å². The van der Waals surface area contributed by atoms with Gasteiger partial charge in [0.15, 0.2) is 5.71 Å². The summed E-state index contributed by atoms with van der Waals surface area (Å²) in [7, 11) is -19.0. The first-order valence-electron chi connectivity index (χ1n) is 20.6. The van der Waals surface area contributed by atoms with Gasteiger partial charge in [-0.1, -0.05) is 50.3 Å². The van der Waals surface area contributed by atoms with E-state index in [9.17, 15) is 62.4 Å². The van der Waals surface area contributed by atoms with Crippen LogP contribution in [-0.4, -0.2) is 86.8 Å². The average Bonchev–Trinajstić information content (AvgIpc) is 3.60. The predicted molar refractivity (Wildman–Crippen MR) is 246 cm³/mol. The summed E-state index contributed by atoms with van der Waals surface area (Å²) in [6, 6.07) is 11.5. The van der Waals surface area contributed by atoms with Crippen LogP contribution in [0.3, 0.4) is 0 Å². The maximum Gasteiger partial charge on any atom is 0.210 e. The molecule has 0 atom stereocenters. The van der Waals surface area contributed by atoms with E-state index in [2.05, 4.69) is 18.7 Å². The molecule has 20 nitrogen and oxygen atoms in total. The zero-order chi connectivity index (χ0) is 50.7. The molecule has 0 unspecified atom stereocenters. The smallest absolute Gasteiger partial charge is 0.210 e. The van der Waals surface area contributed by atoms with Gasteiger partial charge in [0.2, 0.25) is 5.69 Å². The Bertz CT molecular complexity index is 3270. The van der Waals surface area contributed by atoms with Gasteiger partial charge in [-0.3, -0.25) is 10.1 Å². The lowest BCUT2D eigenvalue weighted by molar-refractivity contribution is -0.777. The second kappa shape index (κ2) is 21.3. The van der Waals surface area contributed by atoms with Gasteiger partial charge < -0.3 is 33.6 Å². The molecule has 0 fully saturated rings. The molecule has 0 N–H and O–H groups in total. The van der Waals surface area contributed by atoms with E-state index in [0.717, 1.165) is 12.1 Å². The maximum absolute atomic E-state index is 12.8. The van der Waals surface area contributed by atoms with Gasteiger partial charge in [0, 0.05) is 79.5 Å². The van der Waals surface area contributed by atoms with E-state index in [1.165, 1.54) is 12.1 Å². The van der Waals surface area contributed by atoms with Crippen molar-refractivity contribution in [2.75, 3.05) is 29.5 Å². The first kappa shape index (κ1) is 54.3. The highest BCUT2D eigenvalue weighted by molar-refractivity contribution is 7.95. The van der Waals surface area contributed by atoms with Crippen molar-refractivity contribution in [1.29, 1.82) is 0 Å². The van der Waals surface area contributed by atoms with Crippen LogP contribution in [0.25, 0.3) is 21.5 Å². The molecule has 0 spiro atoms. The highest BCUT2D eigenvalue weighted by Gasteiger charge is 2.46. The van der Waals surface area contributed by atoms with E-state index in [1.807, 2.05) is 43.2 Å².